The van der Waals surface area contributed by atoms with Crippen LogP contribution in [-0.2, 0) is 76.8 Å². The lowest BCUT2D eigenvalue weighted by Gasteiger charge is -2.35. The highest BCUT2D eigenvalue weighted by atomic mass is 32.1. The van der Waals surface area contributed by atoms with Gasteiger partial charge < -0.3 is 94.7 Å². The molecule has 572 valence electrons. The van der Waals surface area contributed by atoms with E-state index in [9.17, 15) is 88.5 Å². The number of aliphatic hydroxyl groups is 3. The van der Waals surface area contributed by atoms with E-state index in [2.05, 4.69) is 72.8 Å². The molecule has 3 aromatic carbocycles. The minimum atomic E-state index is -1.74. The van der Waals surface area contributed by atoms with E-state index < -0.39 is 170 Å². The number of phenols is 1. The lowest BCUT2D eigenvalue weighted by Crippen LogP contribution is -2.62. The highest BCUT2D eigenvalue weighted by molar-refractivity contribution is 7.80. The summed E-state index contributed by atoms with van der Waals surface area (Å²) in [5.41, 5.74) is 13.4. The van der Waals surface area contributed by atoms with E-state index in [1.807, 2.05) is 0 Å². The number of carboxylic acids is 3. The molecule has 2 heterocycles. The number of amides is 9. The van der Waals surface area contributed by atoms with Crippen LogP contribution in [0.3, 0.4) is 0 Å². The number of carbonyl (C=O) groups is 12. The summed E-state index contributed by atoms with van der Waals surface area (Å²) < 4.78 is 0. The topological polar surface area (TPSA) is 523 Å². The van der Waals surface area contributed by atoms with Gasteiger partial charge in [-0.2, -0.15) is 25.3 Å². The van der Waals surface area contributed by atoms with Gasteiger partial charge >= 0.3 is 17.9 Å². The molecular weight excluding hydrogens is 1390 g/mol. The van der Waals surface area contributed by atoms with Gasteiger partial charge in [0.1, 0.15) is 54.1 Å². The number of aromatic hydroxyl groups is 1. The first-order valence-corrected chi connectivity index (χ1v) is 35.3. The number of hydrogen-bond donors (Lipinski definition) is 20. The molecule has 1 fully saturated rings. The maximum atomic E-state index is 15.1. The van der Waals surface area contributed by atoms with Crippen LogP contribution < -0.4 is 54.0 Å². The molecule has 20 N–H and O–H groups in total. The molecular formula is C68H99N15O19S2. The van der Waals surface area contributed by atoms with E-state index in [4.69, 9.17) is 11.5 Å². The second-order valence-corrected chi connectivity index (χ2v) is 26.2. The van der Waals surface area contributed by atoms with E-state index >= 15 is 4.79 Å². The number of hydrogen-bond acceptors (Lipinski definition) is 23. The molecule has 0 saturated carbocycles. The highest BCUT2D eigenvalue weighted by Gasteiger charge is 2.37. The third-order valence-electron chi connectivity index (χ3n) is 17.4. The number of primary amides is 1. The summed E-state index contributed by atoms with van der Waals surface area (Å²) in [6, 6.07) is 7.91. The number of carboxylic acid groups (broad SMARTS) is 3. The van der Waals surface area contributed by atoms with E-state index in [1.54, 1.807) is 75.5 Å². The van der Waals surface area contributed by atoms with Gasteiger partial charge in [-0.1, -0.05) is 60.7 Å². The summed E-state index contributed by atoms with van der Waals surface area (Å²) in [7, 11) is 0. The van der Waals surface area contributed by atoms with Crippen LogP contribution in [-0.4, -0.2) is 295 Å². The lowest BCUT2D eigenvalue weighted by molar-refractivity contribution is -0.145. The standard InChI is InChI=1S/C68H99N15O19S2/c1-40(85)52(37-84)76-66(99)54(39-104)78-67(100)60(41(2)86)79-61(94)48(14-8-9-21-69)73-64(97)51(32-44-33-71-47-13-7-6-12-46(44)47)75-63(96)50(31-43-15-17-45(87)18-16-43)74-65(98)53(38-103)77-62(95)49(30-42-10-4-3-5-11-42)72-57(89)20-19-55(68(101)102)83-28-26-81(35-58(90)91)24-22-80(34-56(70)88)23-25-82(27-29-83)36-59(92)93/h3-7,10-13,15-18,33,40-41,48-55,60,71,84-87,103-104H,8-9,14,19-32,34-39,69H2,1-2H3,(H2,70,88)(H,72,89)(H,73,97)(H,74,98)(H,75,96)(H,76,99)(H,77,95)(H,78,100)(H,79,94)(H,90,91)(H,92,93)(H,101,102)/t40-,41-,48+,49-,50+,51-,52-,53+,54+,55?,60+/m1/s1. The van der Waals surface area contributed by atoms with Crippen molar-refractivity contribution >= 4 is 107 Å². The van der Waals surface area contributed by atoms with Gasteiger partial charge in [0.2, 0.25) is 53.2 Å². The Morgan fingerprint density at radius 3 is 1.49 bits per heavy atom. The van der Waals surface area contributed by atoms with Crippen LogP contribution in [0.25, 0.3) is 10.9 Å². The van der Waals surface area contributed by atoms with Gasteiger partial charge in [0, 0.05) is 107 Å². The van der Waals surface area contributed by atoms with Crippen LogP contribution >= 0.6 is 25.3 Å². The van der Waals surface area contributed by atoms with Crippen molar-refractivity contribution in [1.29, 1.82) is 0 Å². The average molecular weight is 1490 g/mol. The number of carbonyl (C=O) groups excluding carboxylic acids is 9. The predicted octanol–water partition coefficient (Wildman–Crippen LogP) is -4.37. The fraction of sp³-hybridized carbons (Fsp3) is 0.529. The number of nitrogens with one attached hydrogen (secondary N) is 9. The Morgan fingerprint density at radius 1 is 0.519 bits per heavy atom. The quantitative estimate of drug-likeness (QED) is 0.0147. The minimum Gasteiger partial charge on any atom is -0.508 e. The number of aromatic nitrogens is 1. The molecule has 34 nitrogen and oxygen atoms in total. The van der Waals surface area contributed by atoms with Crippen molar-refractivity contribution < 1.29 is 93.3 Å². The first-order valence-electron chi connectivity index (χ1n) is 34.1. The second-order valence-electron chi connectivity index (χ2n) is 25.5. The van der Waals surface area contributed by atoms with Crippen LogP contribution in [0, 0.1) is 0 Å². The number of fused-ring (bicyclic) bond motifs is 1. The number of unbranched alkanes of at least 4 members (excludes halogenated alkanes) is 1. The zero-order valence-corrected chi connectivity index (χ0v) is 59.9. The molecule has 9 amide bonds. The van der Waals surface area contributed by atoms with Crippen LogP contribution in [0.15, 0.2) is 85.1 Å². The number of thiol groups is 2. The molecule has 5 rings (SSSR count). The van der Waals surface area contributed by atoms with Crippen LogP contribution in [0.2, 0.25) is 0 Å². The third-order valence-corrected chi connectivity index (χ3v) is 18.1. The molecule has 1 aliphatic heterocycles. The molecule has 104 heavy (non-hydrogen) atoms. The van der Waals surface area contributed by atoms with Crippen molar-refractivity contribution in [3.63, 3.8) is 0 Å². The number of nitrogens with two attached hydrogens (primary N) is 2. The molecule has 1 unspecified atom stereocenters. The Bertz CT molecular complexity index is 3470. The van der Waals surface area contributed by atoms with Crippen LogP contribution in [0.5, 0.6) is 5.75 Å². The zero-order valence-electron chi connectivity index (χ0n) is 58.1. The fourth-order valence-electron chi connectivity index (χ4n) is 11.6. The summed E-state index contributed by atoms with van der Waals surface area (Å²) >= 11 is 8.57. The molecule has 0 radical (unpaired) electrons. The van der Waals surface area contributed by atoms with Crippen molar-refractivity contribution in [3.8, 4) is 5.75 Å². The number of nitrogens with zero attached hydrogens (tertiary/aromatic N) is 4. The smallest absolute Gasteiger partial charge is 0.320 e. The molecule has 1 aromatic heterocycles. The van der Waals surface area contributed by atoms with Crippen molar-refractivity contribution in [2.45, 2.75) is 132 Å². The molecule has 11 atom stereocenters. The van der Waals surface area contributed by atoms with Crippen LogP contribution in [0.4, 0.5) is 0 Å². The Labute approximate surface area is 612 Å². The van der Waals surface area contributed by atoms with Gasteiger partial charge in [0.05, 0.1) is 44.5 Å². The van der Waals surface area contributed by atoms with Gasteiger partial charge in [0.15, 0.2) is 0 Å². The summed E-state index contributed by atoms with van der Waals surface area (Å²) in [5.74, 6) is -12.6. The summed E-state index contributed by atoms with van der Waals surface area (Å²) in [6.45, 7) is 1.51. The van der Waals surface area contributed by atoms with E-state index in [1.165, 1.54) is 43.0 Å². The van der Waals surface area contributed by atoms with E-state index in [0.29, 0.717) is 34.0 Å². The largest absolute Gasteiger partial charge is 0.508 e. The van der Waals surface area contributed by atoms with Crippen LogP contribution in [0.1, 0.15) is 62.6 Å². The maximum Gasteiger partial charge on any atom is 0.320 e. The Morgan fingerprint density at radius 2 is 0.981 bits per heavy atom. The average Bonchev–Trinajstić information content (AvgIpc) is 1.56. The van der Waals surface area contributed by atoms with E-state index in [-0.39, 0.29) is 115 Å². The Hall–Kier alpha value is -8.98. The first kappa shape index (κ1) is 85.7. The molecule has 0 bridgehead atoms. The van der Waals surface area contributed by atoms with Gasteiger partial charge in [-0.05, 0) is 81.0 Å². The van der Waals surface area contributed by atoms with Gasteiger partial charge in [0.25, 0.3) is 0 Å². The SMILES string of the molecule is C[C@@H](O)[C@H](NC(=O)[C@H](CCCCN)NC(=O)[C@@H](Cc1c[nH]c2ccccc12)NC(=O)[C@H](Cc1ccc(O)cc1)NC(=O)[C@H](CS)NC(=O)[C@@H](Cc1ccccc1)NC(=O)CCC(C(=O)O)N1CCN(CC(=O)O)CCN(CC(N)=O)CCN(CC(=O)O)CC1)C(=O)N[C@@H](CS)C(=O)N[C@H](CO)[C@@H](C)O. The number of phenolic OH excluding ortho intramolecular Hbond substituents is 1. The summed E-state index contributed by atoms with van der Waals surface area (Å²) in [5, 5.41) is 92.3. The molecule has 0 aliphatic carbocycles. The number of aliphatic hydroxyl groups excluding tert-OH is 3. The predicted molar refractivity (Wildman–Crippen MR) is 386 cm³/mol. The number of H-pyrrole nitrogens is 1. The monoisotopic (exact) mass is 1490 g/mol. The Kier molecular flexibility index (Phi) is 36.2. The first-order chi connectivity index (χ1) is 49.5. The Balaban J connectivity index is 1.41. The number of para-hydroxylation sites is 1. The molecule has 1 aliphatic rings. The zero-order chi connectivity index (χ0) is 76.6. The third kappa shape index (κ3) is 28.9. The lowest BCUT2D eigenvalue weighted by atomic mass is 10.0. The maximum absolute atomic E-state index is 15.1. The van der Waals surface area contributed by atoms with Crippen molar-refractivity contribution in [3.05, 3.63) is 102 Å². The van der Waals surface area contributed by atoms with Gasteiger partial charge in [-0.25, -0.2) is 0 Å². The second kappa shape index (κ2) is 44.0. The van der Waals surface area contributed by atoms with Crippen molar-refractivity contribution in [2.75, 3.05) is 96.6 Å². The highest BCUT2D eigenvalue weighted by Crippen LogP contribution is 2.21. The number of benzene rings is 3. The van der Waals surface area contributed by atoms with E-state index in [0.717, 1.165) is 0 Å². The molecule has 36 heteroatoms. The van der Waals surface area contributed by atoms with Crippen molar-refractivity contribution in [2.24, 2.45) is 11.5 Å². The molecule has 4 aromatic rings. The number of aromatic amines is 1. The summed E-state index contributed by atoms with van der Waals surface area (Å²) in [4.78, 5) is 173. The molecule has 1 saturated heterocycles. The minimum absolute atomic E-state index is 0.0147. The summed E-state index contributed by atoms with van der Waals surface area (Å²) in [6.07, 6.45) is -2.17. The van der Waals surface area contributed by atoms with Crippen molar-refractivity contribution in [1.82, 2.24) is 67.1 Å². The normalized spacial score (nSPS) is 16.8. The number of aliphatic carboxylic acids is 3. The number of rotatable bonds is 41. The van der Waals surface area contributed by atoms with Gasteiger partial charge in [-0.15, -0.1) is 0 Å². The molecule has 0 spiro atoms. The van der Waals surface area contributed by atoms with Gasteiger partial charge in [-0.3, -0.25) is 77.1 Å². The fourth-order valence-corrected chi connectivity index (χ4v) is 12.1.